The molecule has 0 radical (unpaired) electrons. The molecule has 1 fully saturated rings. The normalized spacial score (nSPS) is 21.2. The Labute approximate surface area is 231 Å². The van der Waals surface area contributed by atoms with Gasteiger partial charge in [-0.05, 0) is 49.1 Å². The third-order valence-corrected chi connectivity index (χ3v) is 8.42. The highest BCUT2D eigenvalue weighted by atomic mass is 32.2. The van der Waals surface area contributed by atoms with Gasteiger partial charge in [0.2, 0.25) is 10.0 Å². The summed E-state index contributed by atoms with van der Waals surface area (Å²) in [7, 11) is -3.94. The minimum absolute atomic E-state index is 0.00612. The van der Waals surface area contributed by atoms with E-state index in [0.717, 1.165) is 5.56 Å². The average molecular weight is 564 g/mol. The Kier molecular flexibility index (Phi) is 11.1. The van der Waals surface area contributed by atoms with Crippen LogP contribution >= 0.6 is 0 Å². The maximum Gasteiger partial charge on any atom is 0.407 e. The number of nitrogens with zero attached hydrogens (tertiary/aromatic N) is 1. The van der Waals surface area contributed by atoms with Crippen LogP contribution in [0.4, 0.5) is 10.5 Å². The van der Waals surface area contributed by atoms with Crippen LogP contribution in [0.15, 0.2) is 59.5 Å². The Bertz CT molecular complexity index is 1150. The molecular formula is C28H41N3O7S. The van der Waals surface area contributed by atoms with Gasteiger partial charge in [0.25, 0.3) is 0 Å². The molecule has 3 rings (SSSR count). The molecule has 2 aromatic rings. The fraction of sp³-hybridized carbons (Fsp3) is 0.536. The highest BCUT2D eigenvalue weighted by Gasteiger charge is 2.38. The van der Waals surface area contributed by atoms with Gasteiger partial charge in [0.15, 0.2) is 6.29 Å². The van der Waals surface area contributed by atoms with Crippen LogP contribution in [0.5, 0.6) is 0 Å². The molecule has 2 aromatic carbocycles. The lowest BCUT2D eigenvalue weighted by atomic mass is 10.0. The first-order valence-corrected chi connectivity index (χ1v) is 14.7. The standard InChI is InChI=1S/C28H41N3O7S/c1-5-36-27-20(4)26(18-37-27)38-28(33)30-24(15-21-9-7-6-8-10-21)25(32)17-31(16-19(2)3)39(34,35)23-13-11-22(29)12-14-23/h6-14,19-20,24-27,32H,5,15-18,29H2,1-4H3,(H,30,33)/t20-,24-,25+,26-,27+/m0/s1. The summed E-state index contributed by atoms with van der Waals surface area (Å²) in [5, 5.41) is 14.1. The number of aliphatic hydroxyl groups excluding tert-OH is 1. The Morgan fingerprint density at radius 3 is 2.44 bits per heavy atom. The van der Waals surface area contributed by atoms with Gasteiger partial charge in [-0.2, -0.15) is 4.31 Å². The summed E-state index contributed by atoms with van der Waals surface area (Å²) in [6.45, 7) is 8.18. The van der Waals surface area contributed by atoms with Crippen LogP contribution in [0.25, 0.3) is 0 Å². The number of carbonyl (C=O) groups excluding carboxylic acids is 1. The van der Waals surface area contributed by atoms with Gasteiger partial charge in [0, 0.05) is 31.3 Å². The van der Waals surface area contributed by atoms with Gasteiger partial charge < -0.3 is 30.4 Å². The number of hydrogen-bond donors (Lipinski definition) is 3. The number of carbonyl (C=O) groups is 1. The van der Waals surface area contributed by atoms with Gasteiger partial charge in [-0.15, -0.1) is 0 Å². The van der Waals surface area contributed by atoms with Crippen molar-refractivity contribution in [3.63, 3.8) is 0 Å². The molecule has 5 atom stereocenters. The Morgan fingerprint density at radius 2 is 1.82 bits per heavy atom. The molecule has 1 heterocycles. The highest BCUT2D eigenvalue weighted by Crippen LogP contribution is 2.25. The first-order chi connectivity index (χ1) is 18.5. The maximum absolute atomic E-state index is 13.5. The minimum atomic E-state index is -3.94. The summed E-state index contributed by atoms with van der Waals surface area (Å²) in [4.78, 5) is 13.0. The van der Waals surface area contributed by atoms with Gasteiger partial charge in [-0.3, -0.25) is 0 Å². The van der Waals surface area contributed by atoms with E-state index in [0.29, 0.717) is 12.3 Å². The minimum Gasteiger partial charge on any atom is -0.443 e. The summed E-state index contributed by atoms with van der Waals surface area (Å²) in [5.74, 6) is -0.173. The lowest BCUT2D eigenvalue weighted by Crippen LogP contribution is -2.51. The van der Waals surface area contributed by atoms with E-state index >= 15 is 0 Å². The van der Waals surface area contributed by atoms with Gasteiger partial charge in [-0.25, -0.2) is 13.2 Å². The number of amides is 1. The second kappa shape index (κ2) is 14.1. The molecule has 11 heteroatoms. The fourth-order valence-electron chi connectivity index (χ4n) is 4.45. The highest BCUT2D eigenvalue weighted by molar-refractivity contribution is 7.89. The van der Waals surface area contributed by atoms with Gasteiger partial charge in [-0.1, -0.05) is 51.1 Å². The van der Waals surface area contributed by atoms with E-state index in [4.69, 9.17) is 19.9 Å². The number of ether oxygens (including phenoxy) is 3. The zero-order chi connectivity index (χ0) is 28.6. The van der Waals surface area contributed by atoms with Gasteiger partial charge in [0.1, 0.15) is 6.10 Å². The summed E-state index contributed by atoms with van der Waals surface area (Å²) in [6.07, 6.45) is -2.65. The maximum atomic E-state index is 13.5. The number of anilines is 1. The quantitative estimate of drug-likeness (QED) is 0.316. The van der Waals surface area contributed by atoms with E-state index in [-0.39, 0.29) is 42.8 Å². The molecule has 216 valence electrons. The number of sulfonamides is 1. The van der Waals surface area contributed by atoms with Crippen LogP contribution in [-0.4, -0.2) is 74.8 Å². The number of aliphatic hydroxyl groups is 1. The van der Waals surface area contributed by atoms with Crippen molar-refractivity contribution in [2.24, 2.45) is 11.8 Å². The van der Waals surface area contributed by atoms with Crippen LogP contribution in [0, 0.1) is 11.8 Å². The molecule has 0 saturated carbocycles. The number of nitrogens with two attached hydrogens (primary N) is 1. The molecule has 10 nitrogen and oxygen atoms in total. The zero-order valence-corrected chi connectivity index (χ0v) is 23.8. The Morgan fingerprint density at radius 1 is 1.15 bits per heavy atom. The monoisotopic (exact) mass is 563 g/mol. The van der Waals surface area contributed by atoms with Crippen LogP contribution in [0.2, 0.25) is 0 Å². The first kappa shape index (κ1) is 30.8. The number of alkyl carbamates (subject to hydrolysis) is 1. The number of nitrogens with one attached hydrogen (secondary N) is 1. The molecule has 1 saturated heterocycles. The van der Waals surface area contributed by atoms with Crippen molar-refractivity contribution in [2.45, 2.75) is 63.6 Å². The zero-order valence-electron chi connectivity index (χ0n) is 23.0. The van der Waals surface area contributed by atoms with E-state index < -0.39 is 40.7 Å². The lowest BCUT2D eigenvalue weighted by Gasteiger charge is -2.31. The van der Waals surface area contributed by atoms with Crippen molar-refractivity contribution in [3.8, 4) is 0 Å². The topological polar surface area (TPSA) is 140 Å². The summed E-state index contributed by atoms with van der Waals surface area (Å²) >= 11 is 0. The van der Waals surface area contributed by atoms with Crippen molar-refractivity contribution in [1.82, 2.24) is 9.62 Å². The van der Waals surface area contributed by atoms with E-state index in [9.17, 15) is 18.3 Å². The number of nitrogen functional groups attached to an aromatic ring is 1. The fourth-order valence-corrected chi connectivity index (χ4v) is 6.07. The van der Waals surface area contributed by atoms with Crippen molar-refractivity contribution in [2.75, 3.05) is 32.0 Å². The van der Waals surface area contributed by atoms with Gasteiger partial charge in [0.05, 0.1) is 23.6 Å². The molecule has 0 unspecified atom stereocenters. The van der Waals surface area contributed by atoms with E-state index in [2.05, 4.69) is 5.32 Å². The van der Waals surface area contributed by atoms with Crippen molar-refractivity contribution in [3.05, 3.63) is 60.2 Å². The van der Waals surface area contributed by atoms with Crippen molar-refractivity contribution in [1.29, 1.82) is 0 Å². The predicted molar refractivity (Wildman–Crippen MR) is 148 cm³/mol. The molecule has 0 bridgehead atoms. The van der Waals surface area contributed by atoms with Crippen LogP contribution < -0.4 is 11.1 Å². The third-order valence-electron chi connectivity index (χ3n) is 6.57. The smallest absolute Gasteiger partial charge is 0.407 e. The van der Waals surface area contributed by atoms with Crippen molar-refractivity contribution >= 4 is 21.8 Å². The SMILES string of the molecule is CCO[C@@H]1OC[C@H](OC(=O)N[C@@H](Cc2ccccc2)[C@H](O)CN(CC(C)C)S(=O)(=O)c2ccc(N)cc2)[C@@H]1C. The van der Waals surface area contributed by atoms with Crippen LogP contribution in [-0.2, 0) is 30.7 Å². The molecule has 4 N–H and O–H groups in total. The Hall–Kier alpha value is -2.70. The predicted octanol–water partition coefficient (Wildman–Crippen LogP) is 3.01. The van der Waals surface area contributed by atoms with Crippen molar-refractivity contribution < 1.29 is 32.5 Å². The van der Waals surface area contributed by atoms with Gasteiger partial charge >= 0.3 is 6.09 Å². The third kappa shape index (κ3) is 8.64. The molecule has 39 heavy (non-hydrogen) atoms. The summed E-state index contributed by atoms with van der Waals surface area (Å²) in [5.41, 5.74) is 7.06. The second-order valence-corrected chi connectivity index (χ2v) is 12.2. The molecular weight excluding hydrogens is 522 g/mol. The molecule has 1 aliphatic heterocycles. The largest absolute Gasteiger partial charge is 0.443 e. The number of hydrogen-bond acceptors (Lipinski definition) is 8. The first-order valence-electron chi connectivity index (χ1n) is 13.3. The number of benzene rings is 2. The lowest BCUT2D eigenvalue weighted by molar-refractivity contribution is -0.124. The average Bonchev–Trinajstić information content (AvgIpc) is 3.22. The van der Waals surface area contributed by atoms with E-state index in [1.165, 1.54) is 28.6 Å². The molecule has 1 amide bonds. The molecule has 0 aromatic heterocycles. The Balaban J connectivity index is 1.78. The summed E-state index contributed by atoms with van der Waals surface area (Å²) in [6, 6.07) is 14.5. The number of rotatable bonds is 13. The van der Waals surface area contributed by atoms with Crippen LogP contribution in [0.1, 0.15) is 33.3 Å². The molecule has 1 aliphatic rings. The molecule has 0 aliphatic carbocycles. The van der Waals surface area contributed by atoms with E-state index in [1.807, 2.05) is 58.0 Å². The van der Waals surface area contributed by atoms with Crippen LogP contribution in [0.3, 0.4) is 0 Å². The molecule has 0 spiro atoms. The summed E-state index contributed by atoms with van der Waals surface area (Å²) < 4.78 is 45.0. The second-order valence-electron chi connectivity index (χ2n) is 10.3. The van der Waals surface area contributed by atoms with E-state index in [1.54, 1.807) is 0 Å².